The van der Waals surface area contributed by atoms with E-state index in [1.807, 2.05) is 25.8 Å². The van der Waals surface area contributed by atoms with Gasteiger partial charge in [0.15, 0.2) is 0 Å². The Labute approximate surface area is 112 Å². The summed E-state index contributed by atoms with van der Waals surface area (Å²) in [6.07, 6.45) is 4.95. The Bertz CT molecular complexity index is 246. The Hall–Kier alpha value is -0.280. The highest BCUT2D eigenvalue weighted by atomic mass is 35.5. The van der Waals surface area contributed by atoms with Crippen LogP contribution >= 0.6 is 12.4 Å². The predicted molar refractivity (Wildman–Crippen MR) is 74.3 cm³/mol. The van der Waals surface area contributed by atoms with E-state index in [0.29, 0.717) is 12.0 Å². The first-order valence-corrected chi connectivity index (χ1v) is 6.47. The van der Waals surface area contributed by atoms with Crippen molar-refractivity contribution in [1.82, 2.24) is 4.90 Å². The fourth-order valence-electron chi connectivity index (χ4n) is 2.58. The molecule has 1 aliphatic rings. The molecule has 102 valence electrons. The third-order valence-electron chi connectivity index (χ3n) is 4.09. The zero-order valence-corrected chi connectivity index (χ0v) is 12.3. The van der Waals surface area contributed by atoms with Gasteiger partial charge in [-0.2, -0.15) is 0 Å². The highest BCUT2D eigenvalue weighted by Crippen LogP contribution is 2.28. The number of nitrogens with zero attached hydrogens (tertiary/aromatic N) is 1. The van der Waals surface area contributed by atoms with Crippen molar-refractivity contribution in [1.29, 1.82) is 0 Å². The fraction of sp³-hybridized carbons (Fsp3) is 0.923. The minimum Gasteiger partial charge on any atom is -0.342 e. The van der Waals surface area contributed by atoms with E-state index in [2.05, 4.69) is 6.92 Å². The lowest BCUT2D eigenvalue weighted by atomic mass is 9.84. The van der Waals surface area contributed by atoms with Gasteiger partial charge >= 0.3 is 0 Å². The summed E-state index contributed by atoms with van der Waals surface area (Å²) in [5, 5.41) is 0. The molecule has 4 heteroatoms. The SMILES string of the molecule is CC(N)C(C)C(=O)N(C)C1CCCCC1C.Cl. The molecule has 4 atom stereocenters. The smallest absolute Gasteiger partial charge is 0.226 e. The minimum atomic E-state index is -0.0703. The maximum atomic E-state index is 12.2. The van der Waals surface area contributed by atoms with Crippen LogP contribution in [0.15, 0.2) is 0 Å². The topological polar surface area (TPSA) is 46.3 Å². The summed E-state index contributed by atoms with van der Waals surface area (Å²) in [6.45, 7) is 6.09. The number of nitrogens with two attached hydrogens (primary N) is 1. The molecule has 0 heterocycles. The number of carbonyl (C=O) groups is 1. The lowest BCUT2D eigenvalue weighted by molar-refractivity contribution is -0.137. The normalized spacial score (nSPS) is 27.8. The molecule has 1 saturated carbocycles. The molecular weight excluding hydrogens is 236 g/mol. The summed E-state index contributed by atoms with van der Waals surface area (Å²) in [5.41, 5.74) is 5.79. The van der Waals surface area contributed by atoms with Gasteiger partial charge in [-0.25, -0.2) is 0 Å². The molecule has 0 radical (unpaired) electrons. The molecule has 4 unspecified atom stereocenters. The van der Waals surface area contributed by atoms with Crippen LogP contribution in [0.2, 0.25) is 0 Å². The van der Waals surface area contributed by atoms with Crippen molar-refractivity contribution < 1.29 is 4.79 Å². The lowest BCUT2D eigenvalue weighted by Gasteiger charge is -2.38. The molecule has 0 bridgehead atoms. The third-order valence-corrected chi connectivity index (χ3v) is 4.09. The van der Waals surface area contributed by atoms with Gasteiger partial charge in [-0.3, -0.25) is 4.79 Å². The monoisotopic (exact) mass is 262 g/mol. The van der Waals surface area contributed by atoms with E-state index in [9.17, 15) is 4.79 Å². The summed E-state index contributed by atoms with van der Waals surface area (Å²) >= 11 is 0. The van der Waals surface area contributed by atoms with Gasteiger partial charge in [0.25, 0.3) is 0 Å². The van der Waals surface area contributed by atoms with E-state index < -0.39 is 0 Å². The lowest BCUT2D eigenvalue weighted by Crippen LogP contribution is -2.47. The quantitative estimate of drug-likeness (QED) is 0.849. The second kappa shape index (κ2) is 7.22. The standard InChI is InChI=1S/C13H26N2O.ClH/c1-9-7-5-6-8-12(9)15(4)13(16)10(2)11(3)14;/h9-12H,5-8,14H2,1-4H3;1H. The molecule has 1 rings (SSSR count). The zero-order chi connectivity index (χ0) is 12.3. The average molecular weight is 263 g/mol. The van der Waals surface area contributed by atoms with Crippen LogP contribution < -0.4 is 5.73 Å². The predicted octanol–water partition coefficient (Wildman–Crippen LogP) is 2.43. The summed E-state index contributed by atoms with van der Waals surface area (Å²) in [7, 11) is 1.94. The Morgan fingerprint density at radius 3 is 2.29 bits per heavy atom. The third kappa shape index (κ3) is 4.14. The van der Waals surface area contributed by atoms with Crippen molar-refractivity contribution in [2.45, 2.75) is 58.5 Å². The number of hydrogen-bond donors (Lipinski definition) is 1. The molecular formula is C13H27ClN2O. The maximum absolute atomic E-state index is 12.2. The van der Waals surface area contributed by atoms with Crippen LogP contribution in [0.4, 0.5) is 0 Å². The van der Waals surface area contributed by atoms with E-state index in [0.717, 1.165) is 6.42 Å². The molecule has 0 aromatic carbocycles. The summed E-state index contributed by atoms with van der Waals surface area (Å²) in [5.74, 6) is 0.760. The molecule has 1 fully saturated rings. The number of carbonyl (C=O) groups excluding carboxylic acids is 1. The Balaban J connectivity index is 0.00000256. The first kappa shape index (κ1) is 16.7. The summed E-state index contributed by atoms with van der Waals surface area (Å²) in [4.78, 5) is 14.1. The van der Waals surface area contributed by atoms with E-state index >= 15 is 0 Å². The van der Waals surface area contributed by atoms with Crippen LogP contribution in [0.25, 0.3) is 0 Å². The molecule has 1 aliphatic carbocycles. The van der Waals surface area contributed by atoms with Crippen LogP contribution in [0.3, 0.4) is 0 Å². The molecule has 0 aromatic rings. The van der Waals surface area contributed by atoms with Crippen LogP contribution in [0, 0.1) is 11.8 Å². The Morgan fingerprint density at radius 2 is 1.82 bits per heavy atom. The van der Waals surface area contributed by atoms with Gasteiger partial charge in [-0.05, 0) is 25.7 Å². The Morgan fingerprint density at radius 1 is 1.29 bits per heavy atom. The number of rotatable bonds is 3. The van der Waals surface area contributed by atoms with E-state index in [4.69, 9.17) is 5.73 Å². The first-order chi connectivity index (χ1) is 7.45. The van der Waals surface area contributed by atoms with Gasteiger partial charge in [-0.15, -0.1) is 12.4 Å². The molecule has 0 saturated heterocycles. The summed E-state index contributed by atoms with van der Waals surface area (Å²) < 4.78 is 0. The van der Waals surface area contributed by atoms with Gasteiger partial charge in [0.2, 0.25) is 5.91 Å². The Kier molecular flexibility index (Phi) is 7.10. The number of hydrogen-bond acceptors (Lipinski definition) is 2. The van der Waals surface area contributed by atoms with E-state index in [1.165, 1.54) is 19.3 Å². The molecule has 2 N–H and O–H groups in total. The minimum absolute atomic E-state index is 0. The van der Waals surface area contributed by atoms with Crippen LogP contribution in [0.5, 0.6) is 0 Å². The van der Waals surface area contributed by atoms with Gasteiger partial charge in [0.1, 0.15) is 0 Å². The van der Waals surface area contributed by atoms with Crippen molar-refractivity contribution in [3.05, 3.63) is 0 Å². The second-order valence-electron chi connectivity index (χ2n) is 5.43. The van der Waals surface area contributed by atoms with Crippen molar-refractivity contribution in [2.75, 3.05) is 7.05 Å². The second-order valence-corrected chi connectivity index (χ2v) is 5.43. The molecule has 0 aromatic heterocycles. The zero-order valence-electron chi connectivity index (χ0n) is 11.5. The molecule has 3 nitrogen and oxygen atoms in total. The van der Waals surface area contributed by atoms with Crippen LogP contribution in [0.1, 0.15) is 46.5 Å². The van der Waals surface area contributed by atoms with Crippen LogP contribution in [-0.4, -0.2) is 29.9 Å². The highest BCUT2D eigenvalue weighted by Gasteiger charge is 2.30. The van der Waals surface area contributed by atoms with Gasteiger partial charge in [-0.1, -0.05) is 26.7 Å². The van der Waals surface area contributed by atoms with Crippen LogP contribution in [-0.2, 0) is 4.79 Å². The first-order valence-electron chi connectivity index (χ1n) is 6.47. The average Bonchev–Trinajstić information content (AvgIpc) is 2.26. The van der Waals surface area contributed by atoms with E-state index in [-0.39, 0.29) is 30.3 Å². The van der Waals surface area contributed by atoms with Crippen molar-refractivity contribution in [3.8, 4) is 0 Å². The molecule has 0 aliphatic heterocycles. The number of amides is 1. The fourth-order valence-corrected chi connectivity index (χ4v) is 2.58. The molecule has 17 heavy (non-hydrogen) atoms. The summed E-state index contributed by atoms with van der Waals surface area (Å²) in [6, 6.07) is 0.358. The maximum Gasteiger partial charge on any atom is 0.226 e. The molecule has 0 spiro atoms. The van der Waals surface area contributed by atoms with Gasteiger partial charge in [0, 0.05) is 19.1 Å². The van der Waals surface area contributed by atoms with Gasteiger partial charge in [0.05, 0.1) is 5.92 Å². The molecule has 1 amide bonds. The van der Waals surface area contributed by atoms with Crippen molar-refractivity contribution >= 4 is 18.3 Å². The van der Waals surface area contributed by atoms with E-state index in [1.54, 1.807) is 0 Å². The number of halogens is 1. The van der Waals surface area contributed by atoms with Crippen molar-refractivity contribution in [3.63, 3.8) is 0 Å². The van der Waals surface area contributed by atoms with Crippen molar-refractivity contribution in [2.24, 2.45) is 17.6 Å². The van der Waals surface area contributed by atoms with Gasteiger partial charge < -0.3 is 10.6 Å². The largest absolute Gasteiger partial charge is 0.342 e. The highest BCUT2D eigenvalue weighted by molar-refractivity contribution is 5.85.